The average molecular weight is 220 g/mol. The highest BCUT2D eigenvalue weighted by Crippen LogP contribution is 2.20. The van der Waals surface area contributed by atoms with Crippen molar-refractivity contribution in [2.45, 2.75) is 51.7 Å². The molecule has 1 aliphatic carbocycles. The Morgan fingerprint density at radius 3 is 3.19 bits per heavy atom. The topological polar surface area (TPSA) is 38.0 Å². The number of aliphatic hydroxyl groups excluding tert-OH is 1. The van der Waals surface area contributed by atoms with E-state index in [-0.39, 0.29) is 6.10 Å². The Morgan fingerprint density at radius 1 is 1.50 bits per heavy atom. The van der Waals surface area contributed by atoms with E-state index in [4.69, 9.17) is 0 Å². The van der Waals surface area contributed by atoms with E-state index in [1.54, 1.807) is 0 Å². The summed E-state index contributed by atoms with van der Waals surface area (Å²) in [5.41, 5.74) is 1.34. The molecule has 1 heterocycles. The van der Waals surface area contributed by atoms with Gasteiger partial charge in [0, 0.05) is 25.4 Å². The quantitative estimate of drug-likeness (QED) is 0.794. The van der Waals surface area contributed by atoms with Crippen LogP contribution in [0.3, 0.4) is 0 Å². The fourth-order valence-electron chi connectivity index (χ4n) is 2.29. The molecule has 0 saturated carbocycles. The van der Waals surface area contributed by atoms with E-state index in [0.29, 0.717) is 0 Å². The number of allylic oxidation sites excluding steroid dienone is 1. The zero-order chi connectivity index (χ0) is 11.4. The first-order chi connectivity index (χ1) is 7.79. The third-order valence-electron chi connectivity index (χ3n) is 3.20. The molecular formula is C13H20N2O. The zero-order valence-corrected chi connectivity index (χ0v) is 9.89. The fourth-order valence-corrected chi connectivity index (χ4v) is 2.29. The zero-order valence-electron chi connectivity index (χ0n) is 9.89. The number of aryl methyl sites for hydroxylation is 1. The summed E-state index contributed by atoms with van der Waals surface area (Å²) in [6.07, 6.45) is 10.9. The summed E-state index contributed by atoms with van der Waals surface area (Å²) in [7, 11) is 0. The Labute approximate surface area is 96.8 Å². The lowest BCUT2D eigenvalue weighted by atomic mass is 10.1. The molecule has 0 saturated heterocycles. The molecule has 0 radical (unpaired) electrons. The number of aliphatic hydroxyl groups is 1. The minimum absolute atomic E-state index is 0.248. The SMILES string of the molecule is CCn1ccnc1CC1=CC(O)CCCC1. The van der Waals surface area contributed by atoms with E-state index >= 15 is 0 Å². The summed E-state index contributed by atoms with van der Waals surface area (Å²) in [4.78, 5) is 4.38. The third kappa shape index (κ3) is 2.73. The lowest BCUT2D eigenvalue weighted by Crippen LogP contribution is -2.05. The van der Waals surface area contributed by atoms with Crippen molar-refractivity contribution < 1.29 is 5.11 Å². The molecule has 88 valence electrons. The number of aromatic nitrogens is 2. The second-order valence-electron chi connectivity index (χ2n) is 4.44. The second kappa shape index (κ2) is 5.30. The minimum Gasteiger partial charge on any atom is -0.389 e. The van der Waals surface area contributed by atoms with E-state index in [1.165, 1.54) is 12.0 Å². The van der Waals surface area contributed by atoms with E-state index in [1.807, 2.05) is 18.5 Å². The lowest BCUT2D eigenvalue weighted by molar-refractivity contribution is 0.211. The van der Waals surface area contributed by atoms with Crippen molar-refractivity contribution in [3.8, 4) is 0 Å². The molecule has 1 atom stereocenters. The molecule has 3 heteroatoms. The van der Waals surface area contributed by atoms with Crippen LogP contribution in [-0.2, 0) is 13.0 Å². The van der Waals surface area contributed by atoms with Gasteiger partial charge in [0.1, 0.15) is 5.82 Å². The van der Waals surface area contributed by atoms with Crippen LogP contribution in [0.4, 0.5) is 0 Å². The van der Waals surface area contributed by atoms with Crippen LogP contribution in [0.5, 0.6) is 0 Å². The molecular weight excluding hydrogens is 200 g/mol. The van der Waals surface area contributed by atoms with Crippen LogP contribution in [0, 0.1) is 0 Å². The Kier molecular flexibility index (Phi) is 3.78. The molecule has 1 aromatic heterocycles. The van der Waals surface area contributed by atoms with Crippen molar-refractivity contribution in [3.05, 3.63) is 29.9 Å². The van der Waals surface area contributed by atoms with Crippen LogP contribution in [0.1, 0.15) is 38.4 Å². The molecule has 1 N–H and O–H groups in total. The van der Waals surface area contributed by atoms with Crippen molar-refractivity contribution in [2.24, 2.45) is 0 Å². The first kappa shape index (κ1) is 11.4. The summed E-state index contributed by atoms with van der Waals surface area (Å²) in [6, 6.07) is 0. The highest BCUT2D eigenvalue weighted by molar-refractivity contribution is 5.13. The van der Waals surface area contributed by atoms with Gasteiger partial charge in [-0.05, 0) is 26.2 Å². The van der Waals surface area contributed by atoms with Crippen LogP contribution < -0.4 is 0 Å². The number of imidazole rings is 1. The van der Waals surface area contributed by atoms with Crippen LogP contribution in [0.25, 0.3) is 0 Å². The van der Waals surface area contributed by atoms with E-state index in [9.17, 15) is 5.11 Å². The maximum absolute atomic E-state index is 9.71. The average Bonchev–Trinajstić information content (AvgIpc) is 2.61. The minimum atomic E-state index is -0.248. The summed E-state index contributed by atoms with van der Waals surface area (Å²) < 4.78 is 2.16. The Balaban J connectivity index is 2.08. The van der Waals surface area contributed by atoms with Crippen molar-refractivity contribution >= 4 is 0 Å². The van der Waals surface area contributed by atoms with E-state index in [2.05, 4.69) is 16.5 Å². The normalized spacial score (nSPS) is 21.6. The maximum atomic E-state index is 9.71. The molecule has 0 spiro atoms. The molecule has 0 fully saturated rings. The third-order valence-corrected chi connectivity index (χ3v) is 3.20. The van der Waals surface area contributed by atoms with Crippen LogP contribution in [0.15, 0.2) is 24.0 Å². The van der Waals surface area contributed by atoms with Gasteiger partial charge in [-0.2, -0.15) is 0 Å². The first-order valence-electron chi connectivity index (χ1n) is 6.17. The maximum Gasteiger partial charge on any atom is 0.112 e. The Hall–Kier alpha value is -1.09. The number of hydrogen-bond acceptors (Lipinski definition) is 2. The highest BCUT2D eigenvalue weighted by atomic mass is 16.3. The van der Waals surface area contributed by atoms with Gasteiger partial charge < -0.3 is 9.67 Å². The molecule has 0 aromatic carbocycles. The number of nitrogens with zero attached hydrogens (tertiary/aromatic N) is 2. The van der Waals surface area contributed by atoms with Crippen molar-refractivity contribution in [3.63, 3.8) is 0 Å². The Morgan fingerprint density at radius 2 is 2.38 bits per heavy atom. The van der Waals surface area contributed by atoms with Gasteiger partial charge in [-0.25, -0.2) is 4.98 Å². The summed E-state index contributed by atoms with van der Waals surface area (Å²) >= 11 is 0. The van der Waals surface area contributed by atoms with Crippen LogP contribution in [-0.4, -0.2) is 20.8 Å². The van der Waals surface area contributed by atoms with Gasteiger partial charge in [-0.3, -0.25) is 0 Å². The van der Waals surface area contributed by atoms with E-state index < -0.39 is 0 Å². The number of rotatable bonds is 3. The van der Waals surface area contributed by atoms with Gasteiger partial charge in [-0.1, -0.05) is 18.1 Å². The lowest BCUT2D eigenvalue weighted by Gasteiger charge is -2.08. The largest absolute Gasteiger partial charge is 0.389 e. The standard InChI is InChI=1S/C13H20N2O/c1-2-15-8-7-14-13(15)10-11-5-3-4-6-12(16)9-11/h7-9,12,16H,2-6,10H2,1H3. The molecule has 16 heavy (non-hydrogen) atoms. The monoisotopic (exact) mass is 220 g/mol. The van der Waals surface area contributed by atoms with Gasteiger partial charge in [-0.15, -0.1) is 0 Å². The molecule has 0 aliphatic heterocycles. The van der Waals surface area contributed by atoms with Gasteiger partial charge in [0.15, 0.2) is 0 Å². The van der Waals surface area contributed by atoms with E-state index in [0.717, 1.165) is 38.1 Å². The molecule has 0 amide bonds. The predicted molar refractivity (Wildman–Crippen MR) is 64.2 cm³/mol. The van der Waals surface area contributed by atoms with Crippen molar-refractivity contribution in [1.82, 2.24) is 9.55 Å². The van der Waals surface area contributed by atoms with Gasteiger partial charge in [0.2, 0.25) is 0 Å². The Bertz CT molecular complexity index is 368. The summed E-state index contributed by atoms with van der Waals surface area (Å²) in [6.45, 7) is 3.09. The first-order valence-corrected chi connectivity index (χ1v) is 6.17. The molecule has 1 unspecified atom stereocenters. The second-order valence-corrected chi connectivity index (χ2v) is 4.44. The highest BCUT2D eigenvalue weighted by Gasteiger charge is 2.11. The summed E-state index contributed by atoms with van der Waals surface area (Å²) in [5.74, 6) is 1.11. The molecule has 1 aromatic rings. The molecule has 3 nitrogen and oxygen atoms in total. The van der Waals surface area contributed by atoms with Crippen molar-refractivity contribution in [2.75, 3.05) is 0 Å². The van der Waals surface area contributed by atoms with Gasteiger partial charge >= 0.3 is 0 Å². The molecule has 0 bridgehead atoms. The van der Waals surface area contributed by atoms with Gasteiger partial charge in [0.25, 0.3) is 0 Å². The fraction of sp³-hybridized carbons (Fsp3) is 0.615. The van der Waals surface area contributed by atoms with Crippen molar-refractivity contribution in [1.29, 1.82) is 0 Å². The molecule has 2 rings (SSSR count). The molecule has 1 aliphatic rings. The van der Waals surface area contributed by atoms with Gasteiger partial charge in [0.05, 0.1) is 6.10 Å². The number of hydrogen-bond donors (Lipinski definition) is 1. The van der Waals surface area contributed by atoms with Crippen LogP contribution in [0.2, 0.25) is 0 Å². The van der Waals surface area contributed by atoms with Crippen LogP contribution >= 0.6 is 0 Å². The smallest absolute Gasteiger partial charge is 0.112 e. The summed E-state index contributed by atoms with van der Waals surface area (Å²) in [5, 5.41) is 9.71. The predicted octanol–water partition coefficient (Wildman–Crippen LogP) is 2.31.